The van der Waals surface area contributed by atoms with Crippen molar-refractivity contribution in [2.24, 2.45) is 5.92 Å². The first-order valence-corrected chi connectivity index (χ1v) is 6.52. The fraction of sp³-hybridized carbons (Fsp3) is 0.600. The van der Waals surface area contributed by atoms with Crippen LogP contribution >= 0.6 is 0 Å². The Bertz CT molecular complexity index is 428. The van der Waals surface area contributed by atoms with Crippen molar-refractivity contribution in [1.82, 2.24) is 0 Å². The first-order chi connectivity index (χ1) is 8.62. The SMILES string of the molecule is CCC1C(O)CC1c1cc(OC)c(OC)cc1C. The molecule has 1 aromatic rings. The molecule has 0 bridgehead atoms. The van der Waals surface area contributed by atoms with Gasteiger partial charge in [-0.15, -0.1) is 0 Å². The van der Waals surface area contributed by atoms with Crippen molar-refractivity contribution in [3.63, 3.8) is 0 Å². The van der Waals surface area contributed by atoms with E-state index < -0.39 is 0 Å². The Balaban J connectivity index is 2.34. The number of methoxy groups -OCH3 is 2. The summed E-state index contributed by atoms with van der Waals surface area (Å²) in [5.74, 6) is 2.37. The highest BCUT2D eigenvalue weighted by atomic mass is 16.5. The molecule has 1 aliphatic rings. The Labute approximate surface area is 109 Å². The van der Waals surface area contributed by atoms with Gasteiger partial charge in [0.15, 0.2) is 11.5 Å². The number of benzene rings is 1. The quantitative estimate of drug-likeness (QED) is 0.893. The van der Waals surface area contributed by atoms with Crippen LogP contribution < -0.4 is 9.47 Å². The van der Waals surface area contributed by atoms with Gasteiger partial charge in [0.05, 0.1) is 20.3 Å². The average Bonchev–Trinajstić information content (AvgIpc) is 2.36. The van der Waals surface area contributed by atoms with Crippen LogP contribution in [0.5, 0.6) is 11.5 Å². The van der Waals surface area contributed by atoms with Crippen molar-refractivity contribution in [2.45, 2.75) is 38.7 Å². The van der Waals surface area contributed by atoms with E-state index in [1.54, 1.807) is 14.2 Å². The predicted molar refractivity (Wildman–Crippen MR) is 71.4 cm³/mol. The average molecular weight is 250 g/mol. The smallest absolute Gasteiger partial charge is 0.161 e. The first kappa shape index (κ1) is 13.2. The fourth-order valence-electron chi connectivity index (χ4n) is 2.99. The van der Waals surface area contributed by atoms with E-state index in [1.165, 1.54) is 11.1 Å². The van der Waals surface area contributed by atoms with E-state index in [1.807, 2.05) is 6.07 Å². The highest BCUT2D eigenvalue weighted by molar-refractivity contribution is 5.49. The summed E-state index contributed by atoms with van der Waals surface area (Å²) in [5.41, 5.74) is 2.49. The topological polar surface area (TPSA) is 38.7 Å². The minimum atomic E-state index is -0.146. The van der Waals surface area contributed by atoms with Gasteiger partial charge in [-0.05, 0) is 48.4 Å². The van der Waals surface area contributed by atoms with Crippen molar-refractivity contribution in [2.75, 3.05) is 14.2 Å². The zero-order valence-corrected chi connectivity index (χ0v) is 11.6. The molecule has 3 nitrogen and oxygen atoms in total. The van der Waals surface area contributed by atoms with E-state index in [0.717, 1.165) is 24.3 Å². The molecule has 3 unspecified atom stereocenters. The molecular weight excluding hydrogens is 228 g/mol. The van der Waals surface area contributed by atoms with Crippen molar-refractivity contribution >= 4 is 0 Å². The molecule has 0 heterocycles. The number of aliphatic hydroxyl groups excluding tert-OH is 1. The van der Waals surface area contributed by atoms with Crippen LogP contribution in [-0.2, 0) is 0 Å². The molecule has 100 valence electrons. The number of aliphatic hydroxyl groups is 1. The zero-order chi connectivity index (χ0) is 13.3. The summed E-state index contributed by atoms with van der Waals surface area (Å²) >= 11 is 0. The maximum Gasteiger partial charge on any atom is 0.161 e. The second-order valence-electron chi connectivity index (χ2n) is 5.05. The third kappa shape index (κ3) is 2.07. The molecule has 0 spiro atoms. The lowest BCUT2D eigenvalue weighted by Gasteiger charge is -2.42. The Kier molecular flexibility index (Phi) is 3.81. The number of rotatable bonds is 4. The summed E-state index contributed by atoms with van der Waals surface area (Å²) in [6, 6.07) is 4.08. The molecule has 1 aromatic carbocycles. The zero-order valence-electron chi connectivity index (χ0n) is 11.6. The van der Waals surface area contributed by atoms with Crippen LogP contribution in [0.25, 0.3) is 0 Å². The minimum Gasteiger partial charge on any atom is -0.493 e. The van der Waals surface area contributed by atoms with Gasteiger partial charge in [0.1, 0.15) is 0 Å². The third-order valence-corrected chi connectivity index (χ3v) is 4.15. The molecular formula is C15H22O3. The summed E-state index contributed by atoms with van der Waals surface area (Å²) in [4.78, 5) is 0. The second-order valence-corrected chi connectivity index (χ2v) is 5.05. The largest absolute Gasteiger partial charge is 0.493 e. The Morgan fingerprint density at radius 1 is 1.22 bits per heavy atom. The monoisotopic (exact) mass is 250 g/mol. The van der Waals surface area contributed by atoms with Crippen molar-refractivity contribution in [1.29, 1.82) is 0 Å². The molecule has 2 rings (SSSR count). The van der Waals surface area contributed by atoms with Crippen molar-refractivity contribution in [3.05, 3.63) is 23.3 Å². The molecule has 3 heteroatoms. The normalized spacial score (nSPS) is 26.6. The maximum absolute atomic E-state index is 9.80. The van der Waals surface area contributed by atoms with E-state index in [2.05, 4.69) is 19.9 Å². The molecule has 0 radical (unpaired) electrons. The predicted octanol–water partition coefficient (Wildman–Crippen LogP) is 2.89. The van der Waals surface area contributed by atoms with Gasteiger partial charge in [0.2, 0.25) is 0 Å². The Morgan fingerprint density at radius 3 is 2.33 bits per heavy atom. The van der Waals surface area contributed by atoms with Gasteiger partial charge in [0, 0.05) is 0 Å². The molecule has 0 aliphatic heterocycles. The molecule has 1 fully saturated rings. The molecule has 1 aliphatic carbocycles. The van der Waals surface area contributed by atoms with E-state index in [4.69, 9.17) is 9.47 Å². The van der Waals surface area contributed by atoms with E-state index in [0.29, 0.717) is 11.8 Å². The van der Waals surface area contributed by atoms with E-state index in [-0.39, 0.29) is 6.10 Å². The van der Waals surface area contributed by atoms with E-state index in [9.17, 15) is 5.11 Å². The molecule has 0 aromatic heterocycles. The highest BCUT2D eigenvalue weighted by Gasteiger charge is 2.40. The second kappa shape index (κ2) is 5.19. The molecule has 1 N–H and O–H groups in total. The van der Waals surface area contributed by atoms with Crippen LogP contribution in [0.4, 0.5) is 0 Å². The molecule has 1 saturated carbocycles. The van der Waals surface area contributed by atoms with Gasteiger partial charge in [-0.1, -0.05) is 13.3 Å². The van der Waals surface area contributed by atoms with Crippen LogP contribution in [0.1, 0.15) is 36.8 Å². The lowest BCUT2D eigenvalue weighted by atomic mass is 9.65. The third-order valence-electron chi connectivity index (χ3n) is 4.15. The van der Waals surface area contributed by atoms with Crippen LogP contribution in [0.3, 0.4) is 0 Å². The van der Waals surface area contributed by atoms with Crippen LogP contribution in [0.15, 0.2) is 12.1 Å². The van der Waals surface area contributed by atoms with Gasteiger partial charge in [0.25, 0.3) is 0 Å². The number of ether oxygens (including phenoxy) is 2. The standard InChI is InChI=1S/C15H22O3/c1-5-10-12(7-13(10)16)11-8-15(18-4)14(17-3)6-9(11)2/h6,8,10,12-13,16H,5,7H2,1-4H3. The Hall–Kier alpha value is -1.22. The van der Waals surface area contributed by atoms with Gasteiger partial charge < -0.3 is 14.6 Å². The van der Waals surface area contributed by atoms with Crippen LogP contribution in [-0.4, -0.2) is 25.4 Å². The molecule has 18 heavy (non-hydrogen) atoms. The highest BCUT2D eigenvalue weighted by Crippen LogP contribution is 2.47. The molecule has 3 atom stereocenters. The summed E-state index contributed by atoms with van der Waals surface area (Å²) in [6.45, 7) is 4.23. The summed E-state index contributed by atoms with van der Waals surface area (Å²) in [5, 5.41) is 9.80. The summed E-state index contributed by atoms with van der Waals surface area (Å²) in [7, 11) is 3.31. The van der Waals surface area contributed by atoms with Gasteiger partial charge >= 0.3 is 0 Å². The lowest BCUT2D eigenvalue weighted by molar-refractivity contribution is -0.000992. The lowest BCUT2D eigenvalue weighted by Crippen LogP contribution is -2.39. The minimum absolute atomic E-state index is 0.146. The number of hydrogen-bond acceptors (Lipinski definition) is 3. The maximum atomic E-state index is 9.80. The van der Waals surface area contributed by atoms with Crippen molar-refractivity contribution in [3.8, 4) is 11.5 Å². The first-order valence-electron chi connectivity index (χ1n) is 6.52. The Morgan fingerprint density at radius 2 is 1.83 bits per heavy atom. The van der Waals surface area contributed by atoms with Crippen molar-refractivity contribution < 1.29 is 14.6 Å². The summed E-state index contributed by atoms with van der Waals surface area (Å²) < 4.78 is 10.7. The molecule has 0 amide bonds. The summed E-state index contributed by atoms with van der Waals surface area (Å²) in [6.07, 6.45) is 1.72. The van der Waals surface area contributed by atoms with Gasteiger partial charge in [-0.3, -0.25) is 0 Å². The van der Waals surface area contributed by atoms with Gasteiger partial charge in [-0.25, -0.2) is 0 Å². The number of aryl methyl sites for hydroxylation is 1. The van der Waals surface area contributed by atoms with Crippen LogP contribution in [0, 0.1) is 12.8 Å². The molecule has 0 saturated heterocycles. The van der Waals surface area contributed by atoms with Gasteiger partial charge in [-0.2, -0.15) is 0 Å². The number of hydrogen-bond donors (Lipinski definition) is 1. The fourth-order valence-corrected chi connectivity index (χ4v) is 2.99. The van der Waals surface area contributed by atoms with Crippen LogP contribution in [0.2, 0.25) is 0 Å². The van der Waals surface area contributed by atoms with E-state index >= 15 is 0 Å².